The van der Waals surface area contributed by atoms with Crippen LogP contribution < -0.4 is 16.6 Å². The van der Waals surface area contributed by atoms with Crippen molar-refractivity contribution in [3.63, 3.8) is 0 Å². The van der Waals surface area contributed by atoms with Crippen LogP contribution in [0.1, 0.15) is 11.2 Å². The number of phenolic OH excluding ortho intramolecular Hbond substituents is 1. The van der Waals surface area contributed by atoms with Gasteiger partial charge in [-0.3, -0.25) is 14.2 Å². The lowest BCUT2D eigenvalue weighted by Crippen LogP contribution is -2.43. The smallest absolute Gasteiger partial charge is 0.338 e. The summed E-state index contributed by atoms with van der Waals surface area (Å²) in [4.78, 5) is 37.3. The molecule has 1 heterocycles. The van der Waals surface area contributed by atoms with E-state index in [2.05, 4.69) is 5.32 Å². The van der Waals surface area contributed by atoms with Gasteiger partial charge in [-0.15, -0.1) is 0 Å². The van der Waals surface area contributed by atoms with Crippen molar-refractivity contribution in [2.45, 2.75) is 6.42 Å². The Labute approximate surface area is 142 Å². The Morgan fingerprint density at radius 2 is 1.88 bits per heavy atom. The number of phenols is 1. The largest absolute Gasteiger partial charge is 0.508 e. The van der Waals surface area contributed by atoms with Gasteiger partial charge in [0.1, 0.15) is 5.75 Å². The summed E-state index contributed by atoms with van der Waals surface area (Å²) in [6.45, 7) is 0.227. The summed E-state index contributed by atoms with van der Waals surface area (Å²) in [5.41, 5.74) is -0.141. The minimum Gasteiger partial charge on any atom is -0.508 e. The third kappa shape index (κ3) is 3.16. The molecule has 0 aliphatic heterocycles. The number of benzene rings is 2. The fourth-order valence-corrected chi connectivity index (χ4v) is 2.67. The van der Waals surface area contributed by atoms with Crippen LogP contribution in [0.25, 0.3) is 10.9 Å². The molecule has 3 rings (SSSR count). The van der Waals surface area contributed by atoms with E-state index in [1.165, 1.54) is 23.7 Å². The summed E-state index contributed by atoms with van der Waals surface area (Å²) in [7, 11) is 1.53. The van der Waals surface area contributed by atoms with Gasteiger partial charge in [-0.05, 0) is 24.3 Å². The molecule has 2 N–H and O–H groups in total. The zero-order valence-electron chi connectivity index (χ0n) is 13.6. The van der Waals surface area contributed by atoms with Crippen molar-refractivity contribution in [3.8, 4) is 5.75 Å². The van der Waals surface area contributed by atoms with Crippen LogP contribution in [-0.4, -0.2) is 26.7 Å². The van der Waals surface area contributed by atoms with Crippen LogP contribution in [0.5, 0.6) is 5.75 Å². The summed E-state index contributed by atoms with van der Waals surface area (Å²) in [5, 5.41) is 12.7. The van der Waals surface area contributed by atoms with Crippen molar-refractivity contribution in [2.24, 2.45) is 7.05 Å². The van der Waals surface area contributed by atoms with Gasteiger partial charge in [0, 0.05) is 31.8 Å². The first-order valence-electron chi connectivity index (χ1n) is 7.76. The average Bonchev–Trinajstić information content (AvgIpc) is 2.60. The van der Waals surface area contributed by atoms with Crippen LogP contribution in [0, 0.1) is 0 Å². The zero-order chi connectivity index (χ0) is 18.0. The number of rotatable bonds is 4. The molecule has 0 saturated carbocycles. The predicted molar refractivity (Wildman–Crippen MR) is 95.3 cm³/mol. The predicted octanol–water partition coefficient (Wildman–Crippen LogP) is 1.55. The Bertz CT molecular complexity index is 1070. The van der Waals surface area contributed by atoms with Crippen molar-refractivity contribution in [2.75, 3.05) is 11.9 Å². The molecule has 0 radical (unpaired) electrons. The van der Waals surface area contributed by atoms with Gasteiger partial charge in [0.05, 0.1) is 10.9 Å². The first-order chi connectivity index (χ1) is 12.0. The minimum absolute atomic E-state index is 0.0385. The zero-order valence-corrected chi connectivity index (χ0v) is 13.6. The lowest BCUT2D eigenvalue weighted by molar-refractivity contribution is 0.0896. The molecule has 0 atom stereocenters. The standard InChI is InChI=1S/C18H17N3O4/c1-20-15-8-3-2-7-14(15)17(24)21(18(20)25)16(23)9-10-19-12-5-4-6-13(22)11-12/h2-8,11,19,22H,9-10H2,1H3. The molecule has 2 aromatic carbocycles. The maximum Gasteiger partial charge on any atom is 0.338 e. The Kier molecular flexibility index (Phi) is 4.38. The van der Waals surface area contributed by atoms with Crippen molar-refractivity contribution in [1.29, 1.82) is 0 Å². The number of carbonyl (C=O) groups excluding carboxylic acids is 1. The monoisotopic (exact) mass is 339 g/mol. The van der Waals surface area contributed by atoms with E-state index in [9.17, 15) is 19.5 Å². The van der Waals surface area contributed by atoms with Crippen LogP contribution >= 0.6 is 0 Å². The molecule has 128 valence electrons. The number of aryl methyl sites for hydroxylation is 1. The van der Waals surface area contributed by atoms with Crippen LogP contribution in [0.15, 0.2) is 58.1 Å². The molecule has 1 aromatic heterocycles. The summed E-state index contributed by atoms with van der Waals surface area (Å²) in [6.07, 6.45) is -0.0385. The summed E-state index contributed by atoms with van der Waals surface area (Å²) >= 11 is 0. The number of aromatic hydroxyl groups is 1. The number of carbonyl (C=O) groups is 1. The maximum absolute atomic E-state index is 12.5. The van der Waals surface area contributed by atoms with Gasteiger partial charge >= 0.3 is 5.69 Å². The number of fused-ring (bicyclic) bond motifs is 1. The third-order valence-electron chi connectivity index (χ3n) is 3.94. The van der Waals surface area contributed by atoms with E-state index in [0.717, 1.165) is 0 Å². The number of anilines is 1. The van der Waals surface area contributed by atoms with Crippen molar-refractivity contribution < 1.29 is 9.90 Å². The number of nitrogens with one attached hydrogen (secondary N) is 1. The Balaban J connectivity index is 1.85. The molecule has 0 saturated heterocycles. The van der Waals surface area contributed by atoms with Gasteiger partial charge in [0.15, 0.2) is 0 Å². The molecule has 0 aliphatic carbocycles. The Hall–Kier alpha value is -3.35. The van der Waals surface area contributed by atoms with Gasteiger partial charge < -0.3 is 10.4 Å². The van der Waals surface area contributed by atoms with E-state index in [1.54, 1.807) is 36.4 Å². The topological polar surface area (TPSA) is 93.3 Å². The number of hydrogen-bond acceptors (Lipinski definition) is 5. The summed E-state index contributed by atoms with van der Waals surface area (Å²) in [6, 6.07) is 13.1. The number of nitrogens with zero attached hydrogens (tertiary/aromatic N) is 2. The van der Waals surface area contributed by atoms with Gasteiger partial charge in [-0.2, -0.15) is 4.57 Å². The fourth-order valence-electron chi connectivity index (χ4n) is 2.67. The van der Waals surface area contributed by atoms with Crippen LogP contribution in [-0.2, 0) is 7.05 Å². The minimum atomic E-state index is -0.661. The molecule has 0 aliphatic rings. The summed E-state index contributed by atoms with van der Waals surface area (Å²) in [5.74, 6) is -0.472. The highest BCUT2D eigenvalue weighted by molar-refractivity contribution is 5.84. The maximum atomic E-state index is 12.5. The lowest BCUT2D eigenvalue weighted by Gasteiger charge is -2.10. The highest BCUT2D eigenvalue weighted by Gasteiger charge is 2.16. The lowest BCUT2D eigenvalue weighted by atomic mass is 10.2. The van der Waals surface area contributed by atoms with Crippen LogP contribution in [0.4, 0.5) is 5.69 Å². The third-order valence-corrected chi connectivity index (χ3v) is 3.94. The molecule has 0 bridgehead atoms. The fraction of sp³-hybridized carbons (Fsp3) is 0.167. The first kappa shape index (κ1) is 16.5. The molecule has 3 aromatic rings. The van der Waals surface area contributed by atoms with E-state index >= 15 is 0 Å². The van der Waals surface area contributed by atoms with E-state index < -0.39 is 17.2 Å². The highest BCUT2D eigenvalue weighted by Crippen LogP contribution is 2.15. The van der Waals surface area contributed by atoms with Crippen molar-refractivity contribution in [1.82, 2.24) is 9.13 Å². The highest BCUT2D eigenvalue weighted by atomic mass is 16.3. The van der Waals surface area contributed by atoms with E-state index in [1.807, 2.05) is 0 Å². The second-order valence-corrected chi connectivity index (χ2v) is 5.62. The van der Waals surface area contributed by atoms with Gasteiger partial charge in [-0.25, -0.2) is 4.79 Å². The summed E-state index contributed by atoms with van der Waals surface area (Å²) < 4.78 is 1.96. The van der Waals surface area contributed by atoms with Gasteiger partial charge in [0.25, 0.3) is 5.56 Å². The van der Waals surface area contributed by atoms with Crippen LogP contribution in [0.3, 0.4) is 0 Å². The van der Waals surface area contributed by atoms with Crippen molar-refractivity contribution >= 4 is 22.5 Å². The normalized spacial score (nSPS) is 10.8. The first-order valence-corrected chi connectivity index (χ1v) is 7.76. The molecule has 0 fully saturated rings. The number of hydrogen-bond donors (Lipinski definition) is 2. The molecule has 0 amide bonds. The number of para-hydroxylation sites is 1. The number of aromatic nitrogens is 2. The molecule has 0 spiro atoms. The van der Waals surface area contributed by atoms with E-state index in [0.29, 0.717) is 21.2 Å². The second kappa shape index (κ2) is 6.64. The van der Waals surface area contributed by atoms with E-state index in [-0.39, 0.29) is 18.7 Å². The average molecular weight is 339 g/mol. The van der Waals surface area contributed by atoms with E-state index in [4.69, 9.17) is 0 Å². The second-order valence-electron chi connectivity index (χ2n) is 5.62. The molecule has 0 unspecified atom stereocenters. The SMILES string of the molecule is Cn1c(=O)n(C(=O)CCNc2cccc(O)c2)c(=O)c2ccccc21. The molecule has 7 nitrogen and oxygen atoms in total. The van der Waals surface area contributed by atoms with Crippen LogP contribution in [0.2, 0.25) is 0 Å². The Morgan fingerprint density at radius 3 is 2.64 bits per heavy atom. The van der Waals surface area contributed by atoms with Crippen molar-refractivity contribution in [3.05, 3.63) is 69.4 Å². The quantitative estimate of drug-likeness (QED) is 0.752. The molecule has 7 heteroatoms. The molecular formula is C18H17N3O4. The molecular weight excluding hydrogens is 322 g/mol. The Morgan fingerprint density at radius 1 is 1.12 bits per heavy atom. The van der Waals surface area contributed by atoms with Gasteiger partial charge in [0.2, 0.25) is 5.91 Å². The molecule has 25 heavy (non-hydrogen) atoms. The van der Waals surface area contributed by atoms with Gasteiger partial charge in [-0.1, -0.05) is 18.2 Å².